The van der Waals surface area contributed by atoms with Crippen LogP contribution in [0.4, 0.5) is 0 Å². The molecule has 0 saturated heterocycles. The molecule has 0 heterocycles. The van der Waals surface area contributed by atoms with E-state index in [4.69, 9.17) is 0 Å². The van der Waals surface area contributed by atoms with E-state index in [1.165, 1.54) is 22.3 Å². The first-order valence-electron chi connectivity index (χ1n) is 10.9. The molecule has 2 aromatic carbocycles. The Balaban J connectivity index is 0.00000171. The third-order valence-corrected chi connectivity index (χ3v) is 14.0. The Kier molecular flexibility index (Phi) is 8.00. The minimum absolute atomic E-state index is 0. The fourth-order valence-electron chi connectivity index (χ4n) is 4.58. The summed E-state index contributed by atoms with van der Waals surface area (Å²) in [6.07, 6.45) is 4.77. The molecule has 1 atom stereocenters. The van der Waals surface area contributed by atoms with Crippen LogP contribution in [0.5, 0.6) is 0 Å². The van der Waals surface area contributed by atoms with Crippen LogP contribution in [0.25, 0.3) is 11.1 Å². The Labute approximate surface area is 213 Å². The molecule has 0 fully saturated rings. The predicted molar refractivity (Wildman–Crippen MR) is 122 cm³/mol. The topological polar surface area (TPSA) is 0 Å². The van der Waals surface area contributed by atoms with Gasteiger partial charge in [-0.3, -0.25) is 0 Å². The van der Waals surface area contributed by atoms with Gasteiger partial charge in [-0.2, -0.15) is 0 Å². The van der Waals surface area contributed by atoms with E-state index >= 15 is 0 Å². The molecular weight excluding hydrogens is 586 g/mol. The van der Waals surface area contributed by atoms with E-state index in [0.717, 1.165) is 0 Å². The number of hydrogen-bond donors (Lipinski definition) is 0. The first-order valence-corrected chi connectivity index (χ1v) is 14.8. The molecule has 1 unspecified atom stereocenters. The number of benzene rings is 2. The van der Waals surface area contributed by atoms with Crippen molar-refractivity contribution in [3.05, 3.63) is 79.7 Å². The fourth-order valence-corrected chi connectivity index (χ4v) is 10.9. The molecule has 2 aromatic rings. The standard InChI is InChI=1S/C21H25.C7H9.2ClH.Hf/c1-20(2,3)16-7-9-18-14(12-16)11-15-13-17(21(4,5)6)8-10-19(15)18;1-6-3-4-7(2)5-6;;;/h7-13H,1-6H3;3-4,6H,1-2H3;2*1H;/q;;;;+2/p-2. The van der Waals surface area contributed by atoms with E-state index in [1.807, 2.05) is 0 Å². The molecule has 0 N–H and O–H groups in total. The molecule has 0 saturated carbocycles. The summed E-state index contributed by atoms with van der Waals surface area (Å²) >= 11 is -1.08. The molecule has 2 aliphatic carbocycles. The minimum atomic E-state index is -1.08. The number of hydrogen-bond acceptors (Lipinski definition) is 0. The molecule has 0 radical (unpaired) electrons. The average Bonchev–Trinajstić information content (AvgIpc) is 3.11. The van der Waals surface area contributed by atoms with Gasteiger partial charge in [0.15, 0.2) is 0 Å². The Bertz CT molecular complexity index is 968. The summed E-state index contributed by atoms with van der Waals surface area (Å²) in [4.78, 5) is 0. The maximum atomic E-state index is 2.55. The Morgan fingerprint density at radius 1 is 0.742 bits per heavy atom. The van der Waals surface area contributed by atoms with Gasteiger partial charge in [-0.25, -0.2) is 0 Å². The summed E-state index contributed by atoms with van der Waals surface area (Å²) in [5, 5.41) is 0. The second-order valence-electron chi connectivity index (χ2n) is 10.9. The monoisotopic (exact) mass is 620 g/mol. The van der Waals surface area contributed by atoms with Crippen LogP contribution in [0, 0.1) is 5.92 Å². The number of fused-ring (bicyclic) bond motifs is 3. The molecule has 0 nitrogen and oxygen atoms in total. The van der Waals surface area contributed by atoms with Gasteiger partial charge in [-0.15, -0.1) is 0 Å². The van der Waals surface area contributed by atoms with Crippen LogP contribution in [0.2, 0.25) is 0 Å². The van der Waals surface area contributed by atoms with Crippen LogP contribution in [-0.2, 0) is 33.7 Å². The zero-order valence-electron chi connectivity index (χ0n) is 20.0. The van der Waals surface area contributed by atoms with Gasteiger partial charge in [-0.1, -0.05) is 0 Å². The molecule has 4 rings (SSSR count). The van der Waals surface area contributed by atoms with Crippen LogP contribution in [0.1, 0.15) is 81.3 Å². The van der Waals surface area contributed by atoms with Crippen LogP contribution in [-0.4, -0.2) is 0 Å². The van der Waals surface area contributed by atoms with Crippen LogP contribution >= 0.6 is 0 Å². The predicted octanol–water partition coefficient (Wildman–Crippen LogP) is 1.92. The minimum Gasteiger partial charge on any atom is -1.00 e. The Hall–Kier alpha value is -0.630. The summed E-state index contributed by atoms with van der Waals surface area (Å²) < 4.78 is 2.45. The van der Waals surface area contributed by atoms with Gasteiger partial charge >= 0.3 is 190 Å². The van der Waals surface area contributed by atoms with Crippen LogP contribution < -0.4 is 24.8 Å². The van der Waals surface area contributed by atoms with Crippen LogP contribution in [0.15, 0.2) is 57.5 Å². The van der Waals surface area contributed by atoms with E-state index in [1.54, 1.807) is 20.0 Å². The molecule has 2 aliphatic rings. The van der Waals surface area contributed by atoms with Crippen molar-refractivity contribution in [3.63, 3.8) is 0 Å². The second-order valence-corrected chi connectivity index (χ2v) is 16.0. The van der Waals surface area contributed by atoms with Crippen LogP contribution in [0.3, 0.4) is 0 Å². The van der Waals surface area contributed by atoms with Crippen molar-refractivity contribution in [2.45, 2.75) is 69.9 Å². The summed E-state index contributed by atoms with van der Waals surface area (Å²) in [6.45, 7) is 18.7. The van der Waals surface area contributed by atoms with Crippen molar-refractivity contribution in [2.75, 3.05) is 0 Å². The number of halogens is 2. The largest absolute Gasteiger partial charge is 1.00 e. The molecule has 3 heteroatoms. The van der Waals surface area contributed by atoms with Crippen molar-refractivity contribution < 1.29 is 47.7 Å². The molecule has 0 spiro atoms. The Morgan fingerprint density at radius 3 is 1.55 bits per heavy atom. The van der Waals surface area contributed by atoms with Crippen molar-refractivity contribution in [1.29, 1.82) is 0 Å². The van der Waals surface area contributed by atoms with Gasteiger partial charge in [0.2, 0.25) is 0 Å². The van der Waals surface area contributed by atoms with Gasteiger partial charge in [0.1, 0.15) is 0 Å². The SMILES string of the molecule is CC1=[C]([Hf+2][CH]2c3cc(C(C)(C)C)ccc3-c3ccc(C(C)(C)C)cc32)C(C)C=C1.[Cl-].[Cl-]. The first kappa shape index (κ1) is 26.6. The molecule has 0 amide bonds. The zero-order valence-corrected chi connectivity index (χ0v) is 25.1. The second kappa shape index (κ2) is 9.32. The zero-order chi connectivity index (χ0) is 21.1. The van der Waals surface area contributed by atoms with E-state index in [9.17, 15) is 0 Å². The maximum absolute atomic E-state index is 2.55. The van der Waals surface area contributed by atoms with Gasteiger partial charge < -0.3 is 24.8 Å². The number of allylic oxidation sites excluding steroid dienone is 4. The van der Waals surface area contributed by atoms with Crippen molar-refractivity contribution in [3.8, 4) is 11.1 Å². The molecule has 0 bridgehead atoms. The number of rotatable bonds is 2. The normalized spacial score (nSPS) is 17.6. The Morgan fingerprint density at radius 2 is 1.19 bits per heavy atom. The van der Waals surface area contributed by atoms with E-state index in [2.05, 4.69) is 104 Å². The molecule has 164 valence electrons. The summed E-state index contributed by atoms with van der Waals surface area (Å²) in [6, 6.07) is 14.6. The molecule has 0 aromatic heterocycles. The quantitative estimate of drug-likeness (QED) is 0.451. The summed E-state index contributed by atoms with van der Waals surface area (Å²) in [7, 11) is 0. The third kappa shape index (κ3) is 4.99. The maximum Gasteiger partial charge on any atom is -1.00 e. The van der Waals surface area contributed by atoms with Crippen molar-refractivity contribution in [1.82, 2.24) is 0 Å². The van der Waals surface area contributed by atoms with E-state index in [0.29, 0.717) is 9.59 Å². The molecular formula is C28H34Cl2Hf. The van der Waals surface area contributed by atoms with Crippen molar-refractivity contribution in [2.24, 2.45) is 5.92 Å². The van der Waals surface area contributed by atoms with Crippen molar-refractivity contribution >= 4 is 0 Å². The summed E-state index contributed by atoms with van der Waals surface area (Å²) in [5.41, 5.74) is 11.1. The van der Waals surface area contributed by atoms with Gasteiger partial charge in [-0.05, 0) is 0 Å². The molecule has 31 heavy (non-hydrogen) atoms. The smallest absolute Gasteiger partial charge is 1.00 e. The third-order valence-electron chi connectivity index (χ3n) is 6.56. The van der Waals surface area contributed by atoms with E-state index < -0.39 is 22.9 Å². The van der Waals surface area contributed by atoms with Gasteiger partial charge in [0, 0.05) is 0 Å². The van der Waals surface area contributed by atoms with Gasteiger partial charge in [0.05, 0.1) is 0 Å². The first-order chi connectivity index (χ1) is 13.5. The average molecular weight is 620 g/mol. The molecule has 0 aliphatic heterocycles. The fraction of sp³-hybridized carbons (Fsp3) is 0.429. The van der Waals surface area contributed by atoms with E-state index in [-0.39, 0.29) is 35.6 Å². The summed E-state index contributed by atoms with van der Waals surface area (Å²) in [5.74, 6) is 0.641. The van der Waals surface area contributed by atoms with Gasteiger partial charge in [0.25, 0.3) is 0 Å².